The van der Waals surface area contributed by atoms with Crippen LogP contribution in [0.1, 0.15) is 5.76 Å². The Balaban J connectivity index is 1.30. The second-order valence-electron chi connectivity index (χ2n) is 6.89. The van der Waals surface area contributed by atoms with E-state index in [2.05, 4.69) is 15.3 Å². The molecule has 0 saturated carbocycles. The van der Waals surface area contributed by atoms with E-state index < -0.39 is 11.2 Å². The summed E-state index contributed by atoms with van der Waals surface area (Å²) >= 11 is 1.53. The molecule has 0 saturated heterocycles. The van der Waals surface area contributed by atoms with Crippen molar-refractivity contribution in [2.24, 2.45) is 0 Å². The zero-order valence-electron chi connectivity index (χ0n) is 16.1. The first-order chi connectivity index (χ1) is 15.1. The highest BCUT2D eigenvalue weighted by molar-refractivity contribution is 7.21. The molecule has 0 aliphatic heterocycles. The molecule has 0 spiro atoms. The van der Waals surface area contributed by atoms with Gasteiger partial charge in [0.2, 0.25) is 5.91 Å². The molecule has 0 radical (unpaired) electrons. The lowest BCUT2D eigenvalue weighted by Crippen LogP contribution is -2.36. The van der Waals surface area contributed by atoms with E-state index in [0.717, 1.165) is 15.2 Å². The SMILES string of the molecule is O=C(Cn1c(=O)[nH]c(=O)c2ccccc21)NCc1ccc(-c2nc3ccccc3s2)o1. The van der Waals surface area contributed by atoms with E-state index in [1.54, 1.807) is 30.3 Å². The van der Waals surface area contributed by atoms with Crippen LogP contribution in [-0.2, 0) is 17.9 Å². The maximum absolute atomic E-state index is 12.4. The van der Waals surface area contributed by atoms with Gasteiger partial charge in [-0.2, -0.15) is 0 Å². The van der Waals surface area contributed by atoms with Gasteiger partial charge in [0.1, 0.15) is 12.3 Å². The van der Waals surface area contributed by atoms with E-state index in [9.17, 15) is 14.4 Å². The standard InChI is InChI=1S/C22H16N4O4S/c27-19(12-26-16-7-3-1-5-14(16)20(28)25-22(26)29)23-11-13-9-10-17(30-13)21-24-15-6-2-4-8-18(15)31-21/h1-10H,11-12H2,(H,23,27)(H,25,28,29). The number of para-hydroxylation sites is 2. The third-order valence-corrected chi connectivity index (χ3v) is 5.88. The number of aromatic amines is 1. The lowest BCUT2D eigenvalue weighted by Gasteiger charge is -2.09. The van der Waals surface area contributed by atoms with Crippen molar-refractivity contribution in [3.63, 3.8) is 0 Å². The predicted octanol–water partition coefficient (Wildman–Crippen LogP) is 2.88. The van der Waals surface area contributed by atoms with Crippen LogP contribution in [0.25, 0.3) is 31.9 Å². The van der Waals surface area contributed by atoms with Crippen molar-refractivity contribution in [2.45, 2.75) is 13.1 Å². The van der Waals surface area contributed by atoms with Crippen LogP contribution in [-0.4, -0.2) is 20.4 Å². The summed E-state index contributed by atoms with van der Waals surface area (Å²) < 4.78 is 8.14. The molecule has 8 nitrogen and oxygen atoms in total. The number of carbonyl (C=O) groups is 1. The highest BCUT2D eigenvalue weighted by Crippen LogP contribution is 2.31. The number of rotatable bonds is 5. The lowest BCUT2D eigenvalue weighted by atomic mass is 10.2. The van der Waals surface area contributed by atoms with E-state index in [1.807, 2.05) is 30.3 Å². The largest absolute Gasteiger partial charge is 0.457 e. The third-order valence-electron chi connectivity index (χ3n) is 4.83. The molecule has 2 N–H and O–H groups in total. The molecule has 2 aromatic carbocycles. The van der Waals surface area contributed by atoms with Crippen molar-refractivity contribution < 1.29 is 9.21 Å². The second-order valence-corrected chi connectivity index (χ2v) is 7.92. The van der Waals surface area contributed by atoms with E-state index in [1.165, 1.54) is 15.9 Å². The predicted molar refractivity (Wildman–Crippen MR) is 118 cm³/mol. The van der Waals surface area contributed by atoms with Gasteiger partial charge >= 0.3 is 5.69 Å². The van der Waals surface area contributed by atoms with Gasteiger partial charge in [-0.1, -0.05) is 24.3 Å². The minimum atomic E-state index is -0.630. The van der Waals surface area contributed by atoms with Crippen LogP contribution in [0.15, 0.2) is 74.7 Å². The van der Waals surface area contributed by atoms with Gasteiger partial charge in [-0.15, -0.1) is 11.3 Å². The number of aromatic nitrogens is 3. The Morgan fingerprint density at radius 1 is 1.06 bits per heavy atom. The monoisotopic (exact) mass is 432 g/mol. The average molecular weight is 432 g/mol. The molecule has 0 unspecified atom stereocenters. The number of nitrogens with zero attached hydrogens (tertiary/aromatic N) is 2. The minimum absolute atomic E-state index is 0.166. The van der Waals surface area contributed by atoms with E-state index in [0.29, 0.717) is 22.4 Å². The summed E-state index contributed by atoms with van der Waals surface area (Å²) in [5, 5.41) is 3.86. The smallest absolute Gasteiger partial charge is 0.329 e. The zero-order valence-corrected chi connectivity index (χ0v) is 16.9. The van der Waals surface area contributed by atoms with Crippen LogP contribution in [0, 0.1) is 0 Å². The molecule has 0 aliphatic rings. The van der Waals surface area contributed by atoms with Gasteiger partial charge in [0.15, 0.2) is 10.8 Å². The molecule has 0 aliphatic carbocycles. The lowest BCUT2D eigenvalue weighted by molar-refractivity contribution is -0.121. The van der Waals surface area contributed by atoms with E-state index in [-0.39, 0.29) is 19.0 Å². The van der Waals surface area contributed by atoms with Gasteiger partial charge in [0.25, 0.3) is 5.56 Å². The van der Waals surface area contributed by atoms with Crippen LogP contribution in [0.5, 0.6) is 0 Å². The normalized spacial score (nSPS) is 11.2. The third kappa shape index (κ3) is 3.66. The maximum atomic E-state index is 12.4. The number of hydrogen-bond acceptors (Lipinski definition) is 6. The molecule has 31 heavy (non-hydrogen) atoms. The minimum Gasteiger partial charge on any atom is -0.457 e. The summed E-state index contributed by atoms with van der Waals surface area (Å²) in [5.74, 6) is 0.826. The Hall–Kier alpha value is -3.98. The van der Waals surface area contributed by atoms with Crippen LogP contribution in [0.3, 0.4) is 0 Å². The van der Waals surface area contributed by atoms with Crippen LogP contribution in [0.4, 0.5) is 0 Å². The zero-order chi connectivity index (χ0) is 21.4. The molecule has 0 bridgehead atoms. The summed E-state index contributed by atoms with van der Waals surface area (Å²) in [5.41, 5.74) is 0.208. The van der Waals surface area contributed by atoms with Crippen molar-refractivity contribution in [1.82, 2.24) is 19.9 Å². The van der Waals surface area contributed by atoms with Crippen LogP contribution in [0.2, 0.25) is 0 Å². The molecule has 154 valence electrons. The van der Waals surface area contributed by atoms with Gasteiger partial charge in [0.05, 0.1) is 27.7 Å². The molecule has 0 fully saturated rings. The number of fused-ring (bicyclic) bond motifs is 2. The summed E-state index contributed by atoms with van der Waals surface area (Å²) in [4.78, 5) is 43.4. The molecular formula is C22H16N4O4S. The molecule has 5 rings (SSSR count). The number of hydrogen-bond donors (Lipinski definition) is 2. The molecular weight excluding hydrogens is 416 g/mol. The Kier molecular flexibility index (Phi) is 4.72. The van der Waals surface area contributed by atoms with Crippen molar-refractivity contribution in [1.29, 1.82) is 0 Å². The Morgan fingerprint density at radius 3 is 2.74 bits per heavy atom. The summed E-state index contributed by atoms with van der Waals surface area (Å²) in [7, 11) is 0. The van der Waals surface area contributed by atoms with Gasteiger partial charge in [0, 0.05) is 0 Å². The number of carbonyl (C=O) groups excluding carboxylic acids is 1. The number of furan rings is 1. The Morgan fingerprint density at radius 2 is 1.87 bits per heavy atom. The number of nitrogens with one attached hydrogen (secondary N) is 2. The highest BCUT2D eigenvalue weighted by Gasteiger charge is 2.13. The molecule has 9 heteroatoms. The average Bonchev–Trinajstić information content (AvgIpc) is 3.42. The molecule has 5 aromatic rings. The summed E-state index contributed by atoms with van der Waals surface area (Å²) in [6, 6.07) is 18.1. The van der Waals surface area contributed by atoms with Crippen molar-refractivity contribution in [3.05, 3.63) is 87.3 Å². The first-order valence-corrected chi connectivity index (χ1v) is 10.3. The number of benzene rings is 2. The Bertz CT molecular complexity index is 1510. The first kappa shape index (κ1) is 19.0. The van der Waals surface area contributed by atoms with E-state index >= 15 is 0 Å². The molecule has 3 aromatic heterocycles. The van der Waals surface area contributed by atoms with Crippen molar-refractivity contribution in [2.75, 3.05) is 0 Å². The van der Waals surface area contributed by atoms with Gasteiger partial charge in [-0.25, -0.2) is 9.78 Å². The molecule has 1 amide bonds. The maximum Gasteiger partial charge on any atom is 0.329 e. The fourth-order valence-electron chi connectivity index (χ4n) is 3.35. The number of thiazole rings is 1. The second kappa shape index (κ2) is 7.69. The fourth-order valence-corrected chi connectivity index (χ4v) is 4.28. The van der Waals surface area contributed by atoms with Gasteiger partial charge < -0.3 is 9.73 Å². The topological polar surface area (TPSA) is 110 Å². The van der Waals surface area contributed by atoms with Crippen molar-refractivity contribution >= 4 is 38.4 Å². The number of H-pyrrole nitrogens is 1. The highest BCUT2D eigenvalue weighted by atomic mass is 32.1. The molecule has 0 atom stereocenters. The van der Waals surface area contributed by atoms with Crippen LogP contribution < -0.4 is 16.6 Å². The number of amides is 1. The Labute approximate surface area is 178 Å². The van der Waals surface area contributed by atoms with Gasteiger partial charge in [-0.3, -0.25) is 19.1 Å². The first-order valence-electron chi connectivity index (χ1n) is 9.52. The summed E-state index contributed by atoms with van der Waals surface area (Å²) in [6.07, 6.45) is 0. The van der Waals surface area contributed by atoms with E-state index in [4.69, 9.17) is 4.42 Å². The summed E-state index contributed by atoms with van der Waals surface area (Å²) in [6.45, 7) is -0.0542. The van der Waals surface area contributed by atoms with Crippen LogP contribution >= 0.6 is 11.3 Å². The molecule has 3 heterocycles. The quantitative estimate of drug-likeness (QED) is 0.444. The van der Waals surface area contributed by atoms with Gasteiger partial charge in [-0.05, 0) is 36.4 Å². The van der Waals surface area contributed by atoms with Crippen molar-refractivity contribution in [3.8, 4) is 10.8 Å². The fraction of sp³-hybridized carbons (Fsp3) is 0.0909.